The smallest absolute Gasteiger partial charge is 0.291 e. The van der Waals surface area contributed by atoms with Gasteiger partial charge in [0.15, 0.2) is 5.76 Å². The van der Waals surface area contributed by atoms with E-state index in [2.05, 4.69) is 41.5 Å². The summed E-state index contributed by atoms with van der Waals surface area (Å²) < 4.78 is 5.14. The summed E-state index contributed by atoms with van der Waals surface area (Å²) in [6, 6.07) is 15.3. The highest BCUT2D eigenvalue weighted by Crippen LogP contribution is 2.23. The third kappa shape index (κ3) is 3.33. The summed E-state index contributed by atoms with van der Waals surface area (Å²) in [6.07, 6.45) is 1.47. The molecular formula is C21H20N4O2. The molecule has 1 N–H and O–H groups in total. The zero-order valence-corrected chi connectivity index (χ0v) is 15.4. The molecule has 0 saturated heterocycles. The maximum atomic E-state index is 12.2. The molecule has 27 heavy (non-hydrogen) atoms. The Morgan fingerprint density at radius 3 is 2.41 bits per heavy atom. The lowest BCUT2D eigenvalue weighted by Crippen LogP contribution is -2.11. The monoisotopic (exact) mass is 360 g/mol. The summed E-state index contributed by atoms with van der Waals surface area (Å²) in [4.78, 5) is 13.8. The van der Waals surface area contributed by atoms with Crippen molar-refractivity contribution in [3.63, 3.8) is 0 Å². The lowest BCUT2D eigenvalue weighted by atomic mass is 10.0. The number of furan rings is 1. The number of carbonyl (C=O) groups excluding carboxylic acids is 1. The van der Waals surface area contributed by atoms with Crippen molar-refractivity contribution in [1.29, 1.82) is 0 Å². The Hall–Kier alpha value is -3.41. The molecule has 0 atom stereocenters. The van der Waals surface area contributed by atoms with Gasteiger partial charge in [-0.05, 0) is 60.4 Å². The van der Waals surface area contributed by atoms with Gasteiger partial charge in [-0.25, -0.2) is 0 Å². The van der Waals surface area contributed by atoms with Gasteiger partial charge in [0.05, 0.1) is 12.0 Å². The van der Waals surface area contributed by atoms with E-state index in [1.54, 1.807) is 16.9 Å². The molecule has 0 aliphatic carbocycles. The number of aryl methyl sites for hydroxylation is 1. The fourth-order valence-corrected chi connectivity index (χ4v) is 2.90. The van der Waals surface area contributed by atoms with Gasteiger partial charge in [-0.2, -0.15) is 4.80 Å². The molecule has 1 amide bonds. The number of aromatic nitrogens is 3. The van der Waals surface area contributed by atoms with Gasteiger partial charge in [0.25, 0.3) is 5.91 Å². The molecule has 0 unspecified atom stereocenters. The Labute approximate surface area is 156 Å². The summed E-state index contributed by atoms with van der Waals surface area (Å²) in [5, 5.41) is 12.0. The minimum absolute atomic E-state index is 0.267. The second-order valence-electron chi connectivity index (χ2n) is 6.82. The number of benzene rings is 2. The Morgan fingerprint density at radius 1 is 1.07 bits per heavy atom. The van der Waals surface area contributed by atoms with Crippen molar-refractivity contribution in [2.24, 2.45) is 0 Å². The van der Waals surface area contributed by atoms with E-state index < -0.39 is 0 Å². The van der Waals surface area contributed by atoms with Crippen LogP contribution in [0.15, 0.2) is 59.2 Å². The van der Waals surface area contributed by atoms with E-state index in [-0.39, 0.29) is 11.7 Å². The van der Waals surface area contributed by atoms with Gasteiger partial charge in [0.2, 0.25) is 0 Å². The van der Waals surface area contributed by atoms with Gasteiger partial charge in [0.1, 0.15) is 11.0 Å². The van der Waals surface area contributed by atoms with Crippen LogP contribution in [0.1, 0.15) is 41.4 Å². The number of rotatable bonds is 4. The number of fused-ring (bicyclic) bond motifs is 1. The van der Waals surface area contributed by atoms with Crippen molar-refractivity contribution in [3.05, 3.63) is 71.7 Å². The predicted octanol–water partition coefficient (Wildman–Crippen LogP) is 4.70. The van der Waals surface area contributed by atoms with Crippen LogP contribution in [0, 0.1) is 6.92 Å². The third-order valence-corrected chi connectivity index (χ3v) is 4.51. The molecule has 4 aromatic rings. The molecule has 136 valence electrons. The van der Waals surface area contributed by atoms with Crippen LogP contribution in [-0.4, -0.2) is 20.9 Å². The highest BCUT2D eigenvalue weighted by atomic mass is 16.3. The zero-order chi connectivity index (χ0) is 19.0. The maximum absolute atomic E-state index is 12.2. The van der Waals surface area contributed by atoms with Gasteiger partial charge in [0, 0.05) is 5.69 Å². The standard InChI is InChI=1S/C21H20N4O2/c1-13(2)15-6-8-16(9-7-15)25-23-18-11-14(3)17(12-19(18)24-25)22-21(26)20-5-4-10-27-20/h4-13H,1-3H3,(H,22,26). The van der Waals surface area contributed by atoms with Crippen molar-refractivity contribution >= 4 is 22.6 Å². The lowest BCUT2D eigenvalue weighted by Gasteiger charge is -2.06. The van der Waals surface area contributed by atoms with Crippen LogP contribution in [0.5, 0.6) is 0 Å². The van der Waals surface area contributed by atoms with Crippen LogP contribution in [0.2, 0.25) is 0 Å². The Bertz CT molecular complexity index is 1090. The molecule has 0 spiro atoms. The predicted molar refractivity (Wildman–Crippen MR) is 104 cm³/mol. The van der Waals surface area contributed by atoms with Crippen LogP contribution in [0.25, 0.3) is 16.7 Å². The van der Waals surface area contributed by atoms with E-state index in [0.717, 1.165) is 16.8 Å². The molecule has 6 heteroatoms. The van der Waals surface area contributed by atoms with Gasteiger partial charge >= 0.3 is 0 Å². The van der Waals surface area contributed by atoms with E-state index in [1.807, 2.05) is 31.2 Å². The number of nitrogens with zero attached hydrogens (tertiary/aromatic N) is 3. The van der Waals surface area contributed by atoms with Crippen molar-refractivity contribution in [2.75, 3.05) is 5.32 Å². The van der Waals surface area contributed by atoms with Crippen LogP contribution in [0.3, 0.4) is 0 Å². The minimum Gasteiger partial charge on any atom is -0.459 e. The average Bonchev–Trinajstić information content (AvgIpc) is 3.31. The summed E-state index contributed by atoms with van der Waals surface area (Å²) in [6.45, 7) is 6.25. The number of nitrogens with one attached hydrogen (secondary N) is 1. The molecular weight excluding hydrogens is 340 g/mol. The number of amides is 1. The molecule has 2 aromatic carbocycles. The largest absolute Gasteiger partial charge is 0.459 e. The normalized spacial score (nSPS) is 11.3. The Morgan fingerprint density at radius 2 is 1.78 bits per heavy atom. The number of anilines is 1. The number of hydrogen-bond acceptors (Lipinski definition) is 4. The summed E-state index contributed by atoms with van der Waals surface area (Å²) in [5.74, 6) is 0.453. The maximum Gasteiger partial charge on any atom is 0.291 e. The number of carbonyl (C=O) groups is 1. The molecule has 4 rings (SSSR count). The SMILES string of the molecule is Cc1cc2nn(-c3ccc(C(C)C)cc3)nc2cc1NC(=O)c1ccco1. The molecule has 6 nitrogen and oxygen atoms in total. The molecule has 0 aliphatic rings. The highest BCUT2D eigenvalue weighted by Gasteiger charge is 2.13. The third-order valence-electron chi connectivity index (χ3n) is 4.51. The van der Waals surface area contributed by atoms with Crippen LogP contribution in [-0.2, 0) is 0 Å². The first-order chi connectivity index (χ1) is 13.0. The fourth-order valence-electron chi connectivity index (χ4n) is 2.90. The van der Waals surface area contributed by atoms with Crippen molar-refractivity contribution in [1.82, 2.24) is 15.0 Å². The zero-order valence-electron chi connectivity index (χ0n) is 15.4. The van der Waals surface area contributed by atoms with E-state index in [1.165, 1.54) is 11.8 Å². The topological polar surface area (TPSA) is 73.0 Å². The minimum atomic E-state index is -0.292. The lowest BCUT2D eigenvalue weighted by molar-refractivity contribution is 0.0996. The molecule has 0 saturated carbocycles. The summed E-state index contributed by atoms with van der Waals surface area (Å²) >= 11 is 0. The molecule has 0 radical (unpaired) electrons. The Balaban J connectivity index is 1.65. The van der Waals surface area contributed by atoms with E-state index in [4.69, 9.17) is 4.42 Å². The van der Waals surface area contributed by atoms with Crippen molar-refractivity contribution in [2.45, 2.75) is 26.7 Å². The number of hydrogen-bond donors (Lipinski definition) is 1. The van der Waals surface area contributed by atoms with Gasteiger partial charge in [-0.3, -0.25) is 4.79 Å². The van der Waals surface area contributed by atoms with Gasteiger partial charge in [-0.15, -0.1) is 10.2 Å². The average molecular weight is 360 g/mol. The second kappa shape index (κ2) is 6.72. The Kier molecular flexibility index (Phi) is 4.24. The van der Waals surface area contributed by atoms with Gasteiger partial charge in [-0.1, -0.05) is 26.0 Å². The van der Waals surface area contributed by atoms with E-state index in [9.17, 15) is 4.79 Å². The quantitative estimate of drug-likeness (QED) is 0.573. The molecule has 2 aromatic heterocycles. The summed E-state index contributed by atoms with van der Waals surface area (Å²) in [7, 11) is 0. The molecule has 0 fully saturated rings. The molecule has 2 heterocycles. The first-order valence-electron chi connectivity index (χ1n) is 8.84. The molecule has 0 bridgehead atoms. The molecule has 0 aliphatic heterocycles. The van der Waals surface area contributed by atoms with Crippen molar-refractivity contribution in [3.8, 4) is 5.69 Å². The van der Waals surface area contributed by atoms with Gasteiger partial charge < -0.3 is 9.73 Å². The van der Waals surface area contributed by atoms with Crippen LogP contribution in [0.4, 0.5) is 5.69 Å². The van der Waals surface area contributed by atoms with Crippen LogP contribution >= 0.6 is 0 Å². The second-order valence-corrected chi connectivity index (χ2v) is 6.82. The van der Waals surface area contributed by atoms with E-state index >= 15 is 0 Å². The first-order valence-corrected chi connectivity index (χ1v) is 8.84. The van der Waals surface area contributed by atoms with Crippen LogP contribution < -0.4 is 5.32 Å². The van der Waals surface area contributed by atoms with E-state index in [0.29, 0.717) is 17.1 Å². The first kappa shape index (κ1) is 17.0. The fraction of sp³-hybridized carbons (Fsp3) is 0.190. The van der Waals surface area contributed by atoms with Crippen molar-refractivity contribution < 1.29 is 9.21 Å². The highest BCUT2D eigenvalue weighted by molar-refractivity contribution is 6.03. The summed E-state index contributed by atoms with van der Waals surface area (Å²) in [5.41, 5.74) is 5.25.